The van der Waals surface area contributed by atoms with E-state index in [1.807, 2.05) is 6.92 Å². The molecule has 0 bridgehead atoms. The summed E-state index contributed by atoms with van der Waals surface area (Å²) in [7, 11) is 0. The van der Waals surface area contributed by atoms with E-state index in [0.717, 1.165) is 6.42 Å². The standard InChI is InChI=1S/C13H15N3O2S/c1-8(5-10-4-3-9(2)19-10)16-12-11(13(17)18)6-14-7-15-12/h3-4,6-8H,5H2,1-2H3,(H,17,18)(H,14,15,16). The molecule has 2 N–H and O–H groups in total. The Kier molecular flexibility index (Phi) is 4.11. The maximum absolute atomic E-state index is 11.0. The number of thiophene rings is 1. The van der Waals surface area contributed by atoms with Gasteiger partial charge in [0.15, 0.2) is 0 Å². The van der Waals surface area contributed by atoms with Crippen LogP contribution < -0.4 is 5.32 Å². The molecule has 2 aromatic rings. The lowest BCUT2D eigenvalue weighted by Gasteiger charge is -2.14. The van der Waals surface area contributed by atoms with Gasteiger partial charge in [-0.15, -0.1) is 11.3 Å². The highest BCUT2D eigenvalue weighted by Gasteiger charge is 2.14. The molecule has 0 aliphatic rings. The molecule has 0 fully saturated rings. The predicted octanol–water partition coefficient (Wildman–Crippen LogP) is 2.59. The number of carbonyl (C=O) groups is 1. The van der Waals surface area contributed by atoms with Gasteiger partial charge in [-0.05, 0) is 26.0 Å². The van der Waals surface area contributed by atoms with Crippen LogP contribution in [0.15, 0.2) is 24.7 Å². The summed E-state index contributed by atoms with van der Waals surface area (Å²) in [5.41, 5.74) is 0.0942. The molecule has 0 saturated heterocycles. The molecule has 0 aliphatic carbocycles. The van der Waals surface area contributed by atoms with E-state index in [9.17, 15) is 4.79 Å². The van der Waals surface area contributed by atoms with E-state index >= 15 is 0 Å². The summed E-state index contributed by atoms with van der Waals surface area (Å²) >= 11 is 1.75. The summed E-state index contributed by atoms with van der Waals surface area (Å²) in [4.78, 5) is 21.3. The molecule has 0 amide bonds. The molecule has 19 heavy (non-hydrogen) atoms. The molecule has 0 aliphatic heterocycles. The van der Waals surface area contributed by atoms with Gasteiger partial charge in [0.2, 0.25) is 0 Å². The highest BCUT2D eigenvalue weighted by molar-refractivity contribution is 7.11. The van der Waals surface area contributed by atoms with Crippen LogP contribution in [0.1, 0.15) is 27.0 Å². The molecule has 2 aromatic heterocycles. The summed E-state index contributed by atoms with van der Waals surface area (Å²) in [5, 5.41) is 12.2. The van der Waals surface area contributed by atoms with Crippen LogP contribution in [-0.2, 0) is 6.42 Å². The lowest BCUT2D eigenvalue weighted by Crippen LogP contribution is -2.20. The van der Waals surface area contributed by atoms with Gasteiger partial charge < -0.3 is 10.4 Å². The molecule has 0 saturated carbocycles. The quantitative estimate of drug-likeness (QED) is 0.878. The second kappa shape index (κ2) is 5.79. The number of nitrogens with zero attached hydrogens (tertiary/aromatic N) is 2. The first-order valence-electron chi connectivity index (χ1n) is 5.91. The average molecular weight is 277 g/mol. The smallest absolute Gasteiger partial charge is 0.341 e. The van der Waals surface area contributed by atoms with Crippen molar-refractivity contribution < 1.29 is 9.90 Å². The fourth-order valence-corrected chi connectivity index (χ4v) is 2.80. The fraction of sp³-hybridized carbons (Fsp3) is 0.308. The van der Waals surface area contributed by atoms with E-state index in [-0.39, 0.29) is 11.6 Å². The number of anilines is 1. The number of nitrogens with one attached hydrogen (secondary N) is 1. The van der Waals surface area contributed by atoms with Gasteiger partial charge >= 0.3 is 5.97 Å². The number of aromatic carboxylic acids is 1. The number of carboxylic acids is 1. The minimum Gasteiger partial charge on any atom is -0.477 e. The second-order valence-corrected chi connectivity index (χ2v) is 5.72. The Morgan fingerprint density at radius 1 is 1.53 bits per heavy atom. The number of hydrogen-bond acceptors (Lipinski definition) is 5. The van der Waals surface area contributed by atoms with E-state index in [0.29, 0.717) is 5.82 Å². The number of aryl methyl sites for hydroxylation is 1. The Bertz CT molecular complexity index is 583. The van der Waals surface area contributed by atoms with E-state index in [2.05, 4.69) is 34.3 Å². The largest absolute Gasteiger partial charge is 0.477 e. The van der Waals surface area contributed by atoms with Crippen LogP contribution in [0.4, 0.5) is 5.82 Å². The minimum atomic E-state index is -1.03. The van der Waals surface area contributed by atoms with Crippen molar-refractivity contribution in [3.63, 3.8) is 0 Å². The fourth-order valence-electron chi connectivity index (χ4n) is 1.78. The van der Waals surface area contributed by atoms with Gasteiger partial charge in [0.1, 0.15) is 17.7 Å². The molecule has 2 rings (SSSR count). The highest BCUT2D eigenvalue weighted by atomic mass is 32.1. The molecular weight excluding hydrogens is 262 g/mol. The molecule has 1 unspecified atom stereocenters. The van der Waals surface area contributed by atoms with Crippen molar-refractivity contribution in [3.05, 3.63) is 40.0 Å². The molecule has 0 spiro atoms. The van der Waals surface area contributed by atoms with Crippen LogP contribution in [0.5, 0.6) is 0 Å². The molecule has 2 heterocycles. The molecule has 0 radical (unpaired) electrons. The molecule has 0 aromatic carbocycles. The normalized spacial score (nSPS) is 12.1. The number of hydrogen-bond donors (Lipinski definition) is 2. The predicted molar refractivity (Wildman–Crippen MR) is 74.8 cm³/mol. The zero-order chi connectivity index (χ0) is 13.8. The van der Waals surface area contributed by atoms with Crippen molar-refractivity contribution in [2.45, 2.75) is 26.3 Å². The van der Waals surface area contributed by atoms with Gasteiger partial charge in [0, 0.05) is 28.4 Å². The third-order valence-electron chi connectivity index (χ3n) is 2.63. The Labute approximate surface area is 115 Å². The van der Waals surface area contributed by atoms with Gasteiger partial charge in [0.25, 0.3) is 0 Å². The lowest BCUT2D eigenvalue weighted by molar-refractivity contribution is 0.0697. The van der Waals surface area contributed by atoms with Crippen molar-refractivity contribution in [3.8, 4) is 0 Å². The van der Waals surface area contributed by atoms with E-state index < -0.39 is 5.97 Å². The van der Waals surface area contributed by atoms with Gasteiger partial charge in [-0.2, -0.15) is 0 Å². The van der Waals surface area contributed by atoms with E-state index in [1.165, 1.54) is 22.3 Å². The van der Waals surface area contributed by atoms with Crippen LogP contribution >= 0.6 is 11.3 Å². The topological polar surface area (TPSA) is 75.1 Å². The Hall–Kier alpha value is -1.95. The lowest BCUT2D eigenvalue weighted by atomic mass is 10.2. The Balaban J connectivity index is 2.06. The molecule has 5 nitrogen and oxygen atoms in total. The SMILES string of the molecule is Cc1ccc(CC(C)Nc2ncncc2C(=O)O)s1. The molecule has 1 atom stereocenters. The van der Waals surface area contributed by atoms with Crippen LogP contribution in [-0.4, -0.2) is 27.1 Å². The molecule has 6 heteroatoms. The van der Waals surface area contributed by atoms with Gasteiger partial charge in [-0.25, -0.2) is 14.8 Å². The Morgan fingerprint density at radius 3 is 2.95 bits per heavy atom. The third kappa shape index (κ3) is 3.51. The first kappa shape index (κ1) is 13.5. The maximum atomic E-state index is 11.0. The minimum absolute atomic E-state index is 0.0942. The Morgan fingerprint density at radius 2 is 2.32 bits per heavy atom. The van der Waals surface area contributed by atoms with Crippen LogP contribution in [0.2, 0.25) is 0 Å². The zero-order valence-corrected chi connectivity index (χ0v) is 11.6. The average Bonchev–Trinajstić information content (AvgIpc) is 2.75. The number of carboxylic acid groups (broad SMARTS) is 1. The van der Waals surface area contributed by atoms with Gasteiger partial charge in [-0.3, -0.25) is 0 Å². The van der Waals surface area contributed by atoms with E-state index in [1.54, 1.807) is 11.3 Å². The van der Waals surface area contributed by atoms with Crippen molar-refractivity contribution >= 4 is 23.1 Å². The van der Waals surface area contributed by atoms with Crippen LogP contribution in [0.25, 0.3) is 0 Å². The second-order valence-electron chi connectivity index (χ2n) is 4.35. The van der Waals surface area contributed by atoms with Crippen molar-refractivity contribution in [1.82, 2.24) is 9.97 Å². The summed E-state index contributed by atoms with van der Waals surface area (Å²) < 4.78 is 0. The summed E-state index contributed by atoms with van der Waals surface area (Å²) in [6, 6.07) is 4.28. The zero-order valence-electron chi connectivity index (χ0n) is 10.8. The van der Waals surface area contributed by atoms with Gasteiger partial charge in [0.05, 0.1) is 0 Å². The maximum Gasteiger partial charge on any atom is 0.341 e. The monoisotopic (exact) mass is 277 g/mol. The van der Waals surface area contributed by atoms with Crippen LogP contribution in [0.3, 0.4) is 0 Å². The van der Waals surface area contributed by atoms with E-state index in [4.69, 9.17) is 5.11 Å². The number of rotatable bonds is 5. The van der Waals surface area contributed by atoms with Crippen molar-refractivity contribution in [2.75, 3.05) is 5.32 Å². The molecule has 100 valence electrons. The summed E-state index contributed by atoms with van der Waals surface area (Å²) in [6.45, 7) is 4.07. The van der Waals surface area contributed by atoms with Gasteiger partial charge in [-0.1, -0.05) is 0 Å². The summed E-state index contributed by atoms with van der Waals surface area (Å²) in [5.74, 6) is -0.662. The molecular formula is C13H15N3O2S. The van der Waals surface area contributed by atoms with Crippen molar-refractivity contribution in [1.29, 1.82) is 0 Å². The van der Waals surface area contributed by atoms with Crippen LogP contribution in [0, 0.1) is 6.92 Å². The summed E-state index contributed by atoms with van der Waals surface area (Å²) in [6.07, 6.45) is 3.48. The first-order chi connectivity index (χ1) is 9.06. The number of aromatic nitrogens is 2. The first-order valence-corrected chi connectivity index (χ1v) is 6.73. The third-order valence-corrected chi connectivity index (χ3v) is 3.65. The van der Waals surface area contributed by atoms with Crippen molar-refractivity contribution in [2.24, 2.45) is 0 Å². The highest BCUT2D eigenvalue weighted by Crippen LogP contribution is 2.18.